The van der Waals surface area contributed by atoms with Gasteiger partial charge in [0.05, 0.1) is 5.71 Å². The summed E-state index contributed by atoms with van der Waals surface area (Å²) in [5.74, 6) is -0.506. The lowest BCUT2D eigenvalue weighted by atomic mass is 10.0. The summed E-state index contributed by atoms with van der Waals surface area (Å²) in [7, 11) is 0. The predicted octanol–water partition coefficient (Wildman–Crippen LogP) is 3.56. The van der Waals surface area contributed by atoms with Crippen molar-refractivity contribution >= 4 is 17.4 Å². The van der Waals surface area contributed by atoms with Crippen molar-refractivity contribution in [2.45, 2.75) is 19.3 Å². The molecule has 0 radical (unpaired) electrons. The van der Waals surface area contributed by atoms with Crippen LogP contribution in [0.3, 0.4) is 0 Å². The number of carbonyl (C=O) groups is 1. The number of nitrogens with zero attached hydrogens (tertiary/aromatic N) is 1. The van der Waals surface area contributed by atoms with Gasteiger partial charge >= 0.3 is 6.03 Å². The summed E-state index contributed by atoms with van der Waals surface area (Å²) in [6.45, 7) is 1.86. The number of hydrogen-bond acceptors (Lipinski definition) is 3. The SMILES string of the molecule is C[C@H]1C/C(=N\NC(=O)Nc2ccccc2)c2c(O)ccc(F)c21. The van der Waals surface area contributed by atoms with Crippen LogP contribution in [-0.2, 0) is 0 Å². The maximum Gasteiger partial charge on any atom is 0.339 e. The fourth-order valence-electron chi connectivity index (χ4n) is 2.76. The van der Waals surface area contributed by atoms with Crippen molar-refractivity contribution < 1.29 is 14.3 Å². The van der Waals surface area contributed by atoms with Crippen molar-refractivity contribution in [1.29, 1.82) is 0 Å². The van der Waals surface area contributed by atoms with Crippen LogP contribution in [0.4, 0.5) is 14.9 Å². The topological polar surface area (TPSA) is 73.7 Å². The van der Waals surface area contributed by atoms with E-state index in [2.05, 4.69) is 15.8 Å². The van der Waals surface area contributed by atoms with E-state index >= 15 is 0 Å². The molecule has 0 aromatic heterocycles. The fraction of sp³-hybridized carbons (Fsp3) is 0.176. The first-order valence-corrected chi connectivity index (χ1v) is 7.26. The lowest BCUT2D eigenvalue weighted by Gasteiger charge is -2.07. The number of phenolic OH excluding ortho intramolecular Hbond substituents is 1. The van der Waals surface area contributed by atoms with Crippen LogP contribution in [0.25, 0.3) is 0 Å². The van der Waals surface area contributed by atoms with E-state index in [1.807, 2.05) is 13.0 Å². The molecule has 2 amide bonds. The van der Waals surface area contributed by atoms with Gasteiger partial charge in [0.25, 0.3) is 0 Å². The second-order valence-electron chi connectivity index (χ2n) is 5.45. The smallest absolute Gasteiger partial charge is 0.339 e. The molecular weight excluding hydrogens is 297 g/mol. The number of para-hydroxylation sites is 1. The zero-order chi connectivity index (χ0) is 16.4. The van der Waals surface area contributed by atoms with Crippen LogP contribution in [0.1, 0.15) is 30.4 Å². The zero-order valence-corrected chi connectivity index (χ0v) is 12.5. The van der Waals surface area contributed by atoms with E-state index in [1.54, 1.807) is 24.3 Å². The number of urea groups is 1. The summed E-state index contributed by atoms with van der Waals surface area (Å²) in [4.78, 5) is 11.8. The number of fused-ring (bicyclic) bond motifs is 1. The minimum Gasteiger partial charge on any atom is -0.507 e. The molecule has 1 atom stereocenters. The molecular formula is C17H16FN3O2. The van der Waals surface area contributed by atoms with Gasteiger partial charge in [-0.1, -0.05) is 25.1 Å². The first-order valence-electron chi connectivity index (χ1n) is 7.26. The molecule has 0 fully saturated rings. The van der Waals surface area contributed by atoms with E-state index in [-0.39, 0.29) is 17.5 Å². The first-order chi connectivity index (χ1) is 11.1. The van der Waals surface area contributed by atoms with Gasteiger partial charge in [0.2, 0.25) is 0 Å². The average molecular weight is 313 g/mol. The second kappa shape index (κ2) is 6.08. The van der Waals surface area contributed by atoms with Crippen LogP contribution < -0.4 is 10.7 Å². The number of rotatable bonds is 2. The monoisotopic (exact) mass is 313 g/mol. The molecule has 0 saturated heterocycles. The Bertz CT molecular complexity index is 775. The molecule has 0 spiro atoms. The molecule has 3 rings (SSSR count). The number of nitrogens with one attached hydrogen (secondary N) is 2. The molecule has 0 heterocycles. The zero-order valence-electron chi connectivity index (χ0n) is 12.5. The predicted molar refractivity (Wildman–Crippen MR) is 86.2 cm³/mol. The van der Waals surface area contributed by atoms with E-state index in [0.29, 0.717) is 28.9 Å². The number of hydrogen-bond donors (Lipinski definition) is 3. The van der Waals surface area contributed by atoms with Crippen molar-refractivity contribution in [2.24, 2.45) is 5.10 Å². The molecule has 1 aliphatic rings. The number of halogens is 1. The molecule has 23 heavy (non-hydrogen) atoms. The number of benzene rings is 2. The van der Waals surface area contributed by atoms with Crippen LogP contribution >= 0.6 is 0 Å². The average Bonchev–Trinajstić information content (AvgIpc) is 2.88. The van der Waals surface area contributed by atoms with Crippen LogP contribution in [0, 0.1) is 5.82 Å². The maximum absolute atomic E-state index is 13.9. The third-order valence-electron chi connectivity index (χ3n) is 3.78. The van der Waals surface area contributed by atoms with Crippen molar-refractivity contribution in [1.82, 2.24) is 5.43 Å². The number of phenols is 1. The van der Waals surface area contributed by atoms with Gasteiger partial charge in [-0.15, -0.1) is 0 Å². The Hall–Kier alpha value is -2.89. The minimum atomic E-state index is -0.499. The lowest BCUT2D eigenvalue weighted by Crippen LogP contribution is -2.25. The Morgan fingerprint density at radius 1 is 1.26 bits per heavy atom. The molecule has 2 aromatic rings. The summed E-state index contributed by atoms with van der Waals surface area (Å²) < 4.78 is 13.9. The van der Waals surface area contributed by atoms with Crippen molar-refractivity contribution in [3.8, 4) is 5.75 Å². The van der Waals surface area contributed by atoms with Gasteiger partial charge in [0, 0.05) is 16.8 Å². The Balaban J connectivity index is 1.78. The van der Waals surface area contributed by atoms with Crippen LogP contribution in [0.2, 0.25) is 0 Å². The molecule has 2 aromatic carbocycles. The lowest BCUT2D eigenvalue weighted by molar-refractivity contribution is 0.252. The molecule has 0 unspecified atom stereocenters. The van der Waals surface area contributed by atoms with Crippen molar-refractivity contribution in [3.05, 3.63) is 59.4 Å². The Morgan fingerprint density at radius 3 is 2.74 bits per heavy atom. The standard InChI is InChI=1S/C17H16FN3O2/c1-10-9-13(16-14(22)8-7-12(18)15(10)16)20-21-17(23)19-11-5-3-2-4-6-11/h2-8,10,22H,9H2,1H3,(H2,19,21,23)/b20-13+/t10-/m0/s1. The quantitative estimate of drug-likeness (QED) is 0.742. The van der Waals surface area contributed by atoms with E-state index in [4.69, 9.17) is 0 Å². The number of anilines is 1. The summed E-state index contributed by atoms with van der Waals surface area (Å²) in [5, 5.41) is 16.6. The highest BCUT2D eigenvalue weighted by Gasteiger charge is 2.30. The van der Waals surface area contributed by atoms with Gasteiger partial charge in [0.1, 0.15) is 11.6 Å². The largest absolute Gasteiger partial charge is 0.507 e. The van der Waals surface area contributed by atoms with E-state index in [9.17, 15) is 14.3 Å². The number of amides is 2. The number of hydrazone groups is 1. The normalized spacial score (nSPS) is 17.8. The van der Waals surface area contributed by atoms with Crippen LogP contribution in [0.5, 0.6) is 5.75 Å². The Kier molecular flexibility index (Phi) is 3.97. The van der Waals surface area contributed by atoms with Crippen molar-refractivity contribution in [3.63, 3.8) is 0 Å². The fourth-order valence-corrected chi connectivity index (χ4v) is 2.76. The molecule has 6 heteroatoms. The molecule has 118 valence electrons. The van der Waals surface area contributed by atoms with Gasteiger partial charge in [-0.2, -0.15) is 5.10 Å². The molecule has 3 N–H and O–H groups in total. The summed E-state index contributed by atoms with van der Waals surface area (Å²) >= 11 is 0. The van der Waals surface area contributed by atoms with Crippen LogP contribution in [0.15, 0.2) is 47.6 Å². The van der Waals surface area contributed by atoms with Gasteiger partial charge in [-0.3, -0.25) is 0 Å². The molecule has 1 aliphatic carbocycles. The Morgan fingerprint density at radius 2 is 2.00 bits per heavy atom. The van der Waals surface area contributed by atoms with Gasteiger partial charge < -0.3 is 10.4 Å². The van der Waals surface area contributed by atoms with Gasteiger partial charge in [-0.05, 0) is 36.6 Å². The highest BCUT2D eigenvalue weighted by Crippen LogP contribution is 2.39. The van der Waals surface area contributed by atoms with Gasteiger partial charge in [-0.25, -0.2) is 14.6 Å². The Labute approximate surface area is 132 Å². The van der Waals surface area contributed by atoms with E-state index in [0.717, 1.165) is 0 Å². The molecule has 0 saturated carbocycles. The molecule has 5 nitrogen and oxygen atoms in total. The summed E-state index contributed by atoms with van der Waals surface area (Å²) in [6, 6.07) is 11.0. The molecule has 0 aliphatic heterocycles. The summed E-state index contributed by atoms with van der Waals surface area (Å²) in [6.07, 6.45) is 0.454. The summed E-state index contributed by atoms with van der Waals surface area (Å²) in [5.41, 5.74) is 4.30. The first kappa shape index (κ1) is 15.0. The maximum atomic E-state index is 13.9. The van der Waals surface area contributed by atoms with Gasteiger partial charge in [0.15, 0.2) is 0 Å². The highest BCUT2D eigenvalue weighted by atomic mass is 19.1. The number of carbonyl (C=O) groups excluding carboxylic acids is 1. The number of aromatic hydroxyl groups is 1. The highest BCUT2D eigenvalue weighted by molar-refractivity contribution is 6.08. The van der Waals surface area contributed by atoms with Crippen molar-refractivity contribution in [2.75, 3.05) is 5.32 Å². The minimum absolute atomic E-state index is 0.0326. The third kappa shape index (κ3) is 3.01. The van der Waals surface area contributed by atoms with E-state index < -0.39 is 6.03 Å². The third-order valence-corrected chi connectivity index (χ3v) is 3.78. The van der Waals surface area contributed by atoms with E-state index in [1.165, 1.54) is 12.1 Å². The second-order valence-corrected chi connectivity index (χ2v) is 5.45. The van der Waals surface area contributed by atoms with Crippen LogP contribution in [-0.4, -0.2) is 16.8 Å². The molecule has 0 bridgehead atoms.